The maximum absolute atomic E-state index is 5.41. The number of likely N-dealkylation sites (tertiary alicyclic amines) is 1. The van der Waals surface area contributed by atoms with Crippen LogP contribution in [-0.2, 0) is 12.0 Å². The minimum absolute atomic E-state index is 0.291. The Bertz CT molecular complexity index is 668. The van der Waals surface area contributed by atoms with E-state index in [1.807, 2.05) is 0 Å². The number of quaternary nitrogens is 2. The van der Waals surface area contributed by atoms with Crippen LogP contribution < -0.4 is 15.0 Å². The number of aromatic nitrogens is 1. The number of H-pyrrole nitrogens is 1. The molecule has 4 rings (SSSR count). The van der Waals surface area contributed by atoms with Gasteiger partial charge < -0.3 is 19.9 Å². The van der Waals surface area contributed by atoms with Crippen molar-refractivity contribution in [3.63, 3.8) is 0 Å². The second kappa shape index (κ2) is 4.75. The van der Waals surface area contributed by atoms with Crippen LogP contribution in [0.1, 0.15) is 24.1 Å². The number of nitrogens with two attached hydrogens (primary N) is 1. The largest absolute Gasteiger partial charge is 0.497 e. The molecule has 21 heavy (non-hydrogen) atoms. The molecule has 0 unspecified atom stereocenters. The summed E-state index contributed by atoms with van der Waals surface area (Å²) in [7, 11) is 4.06. The van der Waals surface area contributed by atoms with Crippen LogP contribution in [0.3, 0.4) is 0 Å². The molecule has 1 saturated heterocycles. The van der Waals surface area contributed by atoms with Crippen molar-refractivity contribution in [1.29, 1.82) is 0 Å². The third kappa shape index (κ3) is 1.97. The van der Waals surface area contributed by atoms with Crippen LogP contribution in [-0.4, -0.2) is 38.8 Å². The van der Waals surface area contributed by atoms with Crippen molar-refractivity contribution in [3.05, 3.63) is 29.5 Å². The molecule has 0 bridgehead atoms. The number of fused-ring (bicyclic) bond motifs is 4. The average Bonchev–Trinajstić information content (AvgIpc) is 2.90. The van der Waals surface area contributed by atoms with Crippen LogP contribution in [0.5, 0.6) is 5.75 Å². The quantitative estimate of drug-likeness (QED) is 0.668. The molecule has 1 spiro atoms. The molecular formula is C17H25N3O+2. The number of piperidine rings is 1. The third-order valence-electron chi connectivity index (χ3n) is 5.54. The van der Waals surface area contributed by atoms with E-state index in [0.29, 0.717) is 5.54 Å². The second-order valence-corrected chi connectivity index (χ2v) is 6.75. The van der Waals surface area contributed by atoms with E-state index in [-0.39, 0.29) is 0 Å². The Morgan fingerprint density at radius 3 is 2.86 bits per heavy atom. The standard InChI is InChI=1S/C17H23N3O/c1-20-9-6-17(7-10-20)16-13(5-8-18-17)14-11-12(21-2)3-4-15(14)19-16/h3-4,11,18-19H,5-10H2,1-2H3/p+2. The zero-order valence-electron chi connectivity index (χ0n) is 13.0. The van der Waals surface area contributed by atoms with Crippen molar-refractivity contribution in [1.82, 2.24) is 4.98 Å². The summed E-state index contributed by atoms with van der Waals surface area (Å²) in [6.07, 6.45) is 3.71. The van der Waals surface area contributed by atoms with Crippen LogP contribution in [0, 0.1) is 0 Å². The maximum atomic E-state index is 5.41. The number of hydrogen-bond donors (Lipinski definition) is 3. The Hall–Kier alpha value is -1.52. The molecule has 2 aliphatic heterocycles. The van der Waals surface area contributed by atoms with Gasteiger partial charge in [0, 0.05) is 17.3 Å². The minimum Gasteiger partial charge on any atom is -0.497 e. The van der Waals surface area contributed by atoms with Crippen LogP contribution in [0.4, 0.5) is 0 Å². The third-order valence-corrected chi connectivity index (χ3v) is 5.54. The van der Waals surface area contributed by atoms with E-state index in [4.69, 9.17) is 4.74 Å². The SMILES string of the molecule is COc1ccc2[nH]c3c(c2c1)CC[NH2+]C31CC[NH+](C)CC1. The van der Waals surface area contributed by atoms with E-state index < -0.39 is 0 Å². The Morgan fingerprint density at radius 1 is 1.29 bits per heavy atom. The highest BCUT2D eigenvalue weighted by Crippen LogP contribution is 2.36. The van der Waals surface area contributed by atoms with Crippen LogP contribution >= 0.6 is 0 Å². The van der Waals surface area contributed by atoms with Gasteiger partial charge in [0.1, 0.15) is 11.3 Å². The maximum Gasteiger partial charge on any atom is 0.148 e. The smallest absolute Gasteiger partial charge is 0.148 e. The summed E-state index contributed by atoms with van der Waals surface area (Å²) in [5.41, 5.74) is 4.58. The van der Waals surface area contributed by atoms with Crippen LogP contribution in [0.15, 0.2) is 18.2 Å². The van der Waals surface area contributed by atoms with E-state index >= 15 is 0 Å². The second-order valence-electron chi connectivity index (χ2n) is 6.75. The summed E-state index contributed by atoms with van der Waals surface area (Å²) < 4.78 is 5.41. The Kier molecular flexibility index (Phi) is 2.98. The van der Waals surface area contributed by atoms with Crippen molar-refractivity contribution >= 4 is 10.9 Å². The van der Waals surface area contributed by atoms with Gasteiger partial charge in [-0.3, -0.25) is 0 Å². The monoisotopic (exact) mass is 287 g/mol. The first-order valence-corrected chi connectivity index (χ1v) is 8.07. The summed E-state index contributed by atoms with van der Waals surface area (Å²) in [4.78, 5) is 5.41. The summed E-state index contributed by atoms with van der Waals surface area (Å²) in [6, 6.07) is 6.42. The Labute approximate surface area is 125 Å². The fourth-order valence-electron chi connectivity index (χ4n) is 4.21. The Morgan fingerprint density at radius 2 is 2.10 bits per heavy atom. The lowest BCUT2D eigenvalue weighted by atomic mass is 9.79. The highest BCUT2D eigenvalue weighted by molar-refractivity contribution is 5.86. The van der Waals surface area contributed by atoms with E-state index in [1.165, 1.54) is 54.6 Å². The highest BCUT2D eigenvalue weighted by Gasteiger charge is 2.45. The first-order chi connectivity index (χ1) is 10.2. The molecule has 4 heteroatoms. The zero-order chi connectivity index (χ0) is 14.4. The number of aromatic amines is 1. The first kappa shape index (κ1) is 13.2. The van der Waals surface area contributed by atoms with E-state index in [9.17, 15) is 0 Å². The highest BCUT2D eigenvalue weighted by atomic mass is 16.5. The number of benzene rings is 1. The van der Waals surface area contributed by atoms with Crippen molar-refractivity contribution in [2.75, 3.05) is 33.8 Å². The molecule has 1 aromatic carbocycles. The molecule has 0 atom stereocenters. The van der Waals surface area contributed by atoms with Gasteiger partial charge in [0.05, 0.1) is 52.3 Å². The lowest BCUT2D eigenvalue weighted by Gasteiger charge is -2.39. The van der Waals surface area contributed by atoms with Gasteiger partial charge in [-0.25, -0.2) is 0 Å². The molecule has 3 heterocycles. The topological polar surface area (TPSA) is 46.1 Å². The van der Waals surface area contributed by atoms with Gasteiger partial charge in [0.25, 0.3) is 0 Å². The number of ether oxygens (including phenoxy) is 1. The van der Waals surface area contributed by atoms with Gasteiger partial charge in [0.15, 0.2) is 0 Å². The van der Waals surface area contributed by atoms with Gasteiger partial charge in [0.2, 0.25) is 0 Å². The molecule has 0 radical (unpaired) electrons. The summed E-state index contributed by atoms with van der Waals surface area (Å²) >= 11 is 0. The molecule has 0 aliphatic carbocycles. The van der Waals surface area contributed by atoms with E-state index in [2.05, 4.69) is 35.5 Å². The summed E-state index contributed by atoms with van der Waals surface area (Å²) in [5, 5.41) is 3.96. The minimum atomic E-state index is 0.291. The lowest BCUT2D eigenvalue weighted by Crippen LogP contribution is -3.13. The van der Waals surface area contributed by atoms with Crippen LogP contribution in [0.25, 0.3) is 10.9 Å². The number of rotatable bonds is 1. The predicted octanol–water partition coefficient (Wildman–Crippen LogP) is -0.200. The normalized spacial score (nSPS) is 28.8. The molecule has 0 amide bonds. The van der Waals surface area contributed by atoms with Gasteiger partial charge in [-0.05, 0) is 23.8 Å². The number of hydrogen-bond acceptors (Lipinski definition) is 1. The molecule has 1 fully saturated rings. The lowest BCUT2D eigenvalue weighted by molar-refractivity contribution is -0.901. The predicted molar refractivity (Wildman–Crippen MR) is 82.9 cm³/mol. The van der Waals surface area contributed by atoms with Crippen molar-refractivity contribution in [2.24, 2.45) is 0 Å². The summed E-state index contributed by atoms with van der Waals surface area (Å²) in [6.45, 7) is 3.75. The number of methoxy groups -OCH3 is 1. The van der Waals surface area contributed by atoms with E-state index in [0.717, 1.165) is 12.2 Å². The molecule has 4 N–H and O–H groups in total. The fraction of sp³-hybridized carbons (Fsp3) is 0.529. The molecule has 112 valence electrons. The average molecular weight is 287 g/mol. The molecule has 2 aromatic rings. The zero-order valence-corrected chi connectivity index (χ0v) is 13.0. The molecule has 4 nitrogen and oxygen atoms in total. The first-order valence-electron chi connectivity index (χ1n) is 8.07. The molecule has 0 saturated carbocycles. The molecule has 2 aliphatic rings. The van der Waals surface area contributed by atoms with Gasteiger partial charge in [-0.1, -0.05) is 0 Å². The van der Waals surface area contributed by atoms with Gasteiger partial charge in [-0.15, -0.1) is 0 Å². The van der Waals surface area contributed by atoms with Gasteiger partial charge >= 0.3 is 0 Å². The summed E-state index contributed by atoms with van der Waals surface area (Å²) in [5.74, 6) is 0.959. The van der Waals surface area contributed by atoms with Gasteiger partial charge in [-0.2, -0.15) is 0 Å². The number of nitrogens with one attached hydrogen (secondary N) is 2. The van der Waals surface area contributed by atoms with Crippen molar-refractivity contribution in [2.45, 2.75) is 24.8 Å². The Balaban J connectivity index is 1.84. The van der Waals surface area contributed by atoms with E-state index in [1.54, 1.807) is 12.0 Å². The molecular weight excluding hydrogens is 262 g/mol. The van der Waals surface area contributed by atoms with Crippen molar-refractivity contribution < 1.29 is 15.0 Å². The fourth-order valence-corrected chi connectivity index (χ4v) is 4.21. The molecule has 1 aromatic heterocycles. The van der Waals surface area contributed by atoms with Crippen LogP contribution in [0.2, 0.25) is 0 Å². The van der Waals surface area contributed by atoms with Crippen molar-refractivity contribution in [3.8, 4) is 5.75 Å².